The smallest absolute Gasteiger partial charge is 0.285 e. The van der Waals surface area contributed by atoms with Crippen molar-refractivity contribution in [1.82, 2.24) is 4.90 Å². The summed E-state index contributed by atoms with van der Waals surface area (Å²) in [6.07, 6.45) is 0.895. The van der Waals surface area contributed by atoms with Crippen molar-refractivity contribution in [2.75, 3.05) is 19.6 Å². The van der Waals surface area contributed by atoms with Crippen LogP contribution in [-0.2, 0) is 5.92 Å². The maximum Gasteiger partial charge on any atom is 0.285 e. The van der Waals surface area contributed by atoms with Gasteiger partial charge in [-0.25, -0.2) is 0 Å². The molecule has 18 heavy (non-hydrogen) atoms. The van der Waals surface area contributed by atoms with Crippen molar-refractivity contribution in [2.45, 2.75) is 25.3 Å². The number of piperidine rings is 1. The first-order valence-corrected chi connectivity index (χ1v) is 6.40. The molecule has 2 N–H and O–H groups in total. The predicted molar refractivity (Wildman–Crippen MR) is 68.5 cm³/mol. The molecule has 2 rings (SSSR count). The van der Waals surface area contributed by atoms with Gasteiger partial charge in [-0.1, -0.05) is 37.3 Å². The summed E-state index contributed by atoms with van der Waals surface area (Å²) in [6, 6.07) is 8.00. The molecule has 0 bridgehead atoms. The van der Waals surface area contributed by atoms with E-state index in [0.29, 0.717) is 19.0 Å². The Hall–Kier alpha value is -1.00. The van der Waals surface area contributed by atoms with Gasteiger partial charge in [-0.3, -0.25) is 4.90 Å². The van der Waals surface area contributed by atoms with E-state index in [-0.39, 0.29) is 18.2 Å². The molecule has 100 valence electrons. The zero-order chi connectivity index (χ0) is 13.2. The summed E-state index contributed by atoms with van der Waals surface area (Å²) in [4.78, 5) is 1.78. The Morgan fingerprint density at radius 2 is 2.00 bits per heavy atom. The molecule has 0 saturated carbocycles. The predicted octanol–water partition coefficient (Wildman–Crippen LogP) is 2.45. The lowest BCUT2D eigenvalue weighted by atomic mass is 9.94. The van der Waals surface area contributed by atoms with Crippen molar-refractivity contribution in [3.05, 3.63) is 35.9 Å². The van der Waals surface area contributed by atoms with Crippen molar-refractivity contribution in [1.29, 1.82) is 0 Å². The standard InChI is InChI=1S/C14H20F2N2/c1-11-7-8-18(9-13(11)17)10-14(15,16)12-5-3-2-4-6-12/h2-6,11,13H,7-10,17H2,1H3. The highest BCUT2D eigenvalue weighted by molar-refractivity contribution is 5.20. The van der Waals surface area contributed by atoms with E-state index in [1.165, 1.54) is 12.1 Å². The number of benzene rings is 1. The van der Waals surface area contributed by atoms with Gasteiger partial charge < -0.3 is 5.73 Å². The number of halogens is 2. The molecular weight excluding hydrogens is 234 g/mol. The van der Waals surface area contributed by atoms with Crippen LogP contribution in [0.25, 0.3) is 0 Å². The van der Waals surface area contributed by atoms with Crippen molar-refractivity contribution >= 4 is 0 Å². The maximum absolute atomic E-state index is 14.1. The third-order valence-corrected chi connectivity index (χ3v) is 3.72. The Morgan fingerprint density at radius 3 is 2.61 bits per heavy atom. The number of nitrogens with two attached hydrogens (primary N) is 1. The minimum absolute atomic E-state index is 0.00493. The van der Waals surface area contributed by atoms with Crippen LogP contribution in [0, 0.1) is 5.92 Å². The van der Waals surface area contributed by atoms with Gasteiger partial charge in [-0.2, -0.15) is 8.78 Å². The largest absolute Gasteiger partial charge is 0.326 e. The second-order valence-corrected chi connectivity index (χ2v) is 5.24. The van der Waals surface area contributed by atoms with Crippen LogP contribution in [-0.4, -0.2) is 30.6 Å². The SMILES string of the molecule is CC1CCN(CC(F)(F)c2ccccc2)CC1N. The lowest BCUT2D eigenvalue weighted by molar-refractivity contribution is -0.0460. The van der Waals surface area contributed by atoms with Gasteiger partial charge in [-0.05, 0) is 18.9 Å². The fourth-order valence-corrected chi connectivity index (χ4v) is 2.37. The molecule has 0 aromatic heterocycles. The molecule has 0 spiro atoms. The first-order valence-electron chi connectivity index (χ1n) is 6.40. The second kappa shape index (κ2) is 5.33. The van der Waals surface area contributed by atoms with Crippen molar-refractivity contribution < 1.29 is 8.78 Å². The normalized spacial score (nSPS) is 26.2. The quantitative estimate of drug-likeness (QED) is 0.897. The maximum atomic E-state index is 14.1. The highest BCUT2D eigenvalue weighted by Gasteiger charge is 2.35. The van der Waals surface area contributed by atoms with Crippen molar-refractivity contribution in [3.8, 4) is 0 Å². The molecule has 1 aromatic carbocycles. The molecule has 1 aliphatic heterocycles. The lowest BCUT2D eigenvalue weighted by Gasteiger charge is -2.36. The average molecular weight is 254 g/mol. The summed E-state index contributed by atoms with van der Waals surface area (Å²) in [7, 11) is 0. The van der Waals surface area contributed by atoms with Crippen LogP contribution in [0.2, 0.25) is 0 Å². The molecule has 1 saturated heterocycles. The second-order valence-electron chi connectivity index (χ2n) is 5.24. The first kappa shape index (κ1) is 13.4. The first-order chi connectivity index (χ1) is 8.49. The fourth-order valence-electron chi connectivity index (χ4n) is 2.37. The van der Waals surface area contributed by atoms with Crippen molar-refractivity contribution in [3.63, 3.8) is 0 Å². The monoisotopic (exact) mass is 254 g/mol. The van der Waals surface area contributed by atoms with E-state index < -0.39 is 5.92 Å². The lowest BCUT2D eigenvalue weighted by Crippen LogP contribution is -2.50. The summed E-state index contributed by atoms with van der Waals surface area (Å²) in [5.41, 5.74) is 6.02. The molecule has 2 atom stereocenters. The number of alkyl halides is 2. The molecule has 1 aromatic rings. The number of hydrogen-bond donors (Lipinski definition) is 1. The van der Waals surface area contributed by atoms with Crippen LogP contribution in [0.1, 0.15) is 18.9 Å². The van der Waals surface area contributed by atoms with Crippen molar-refractivity contribution in [2.24, 2.45) is 11.7 Å². The number of hydrogen-bond acceptors (Lipinski definition) is 2. The minimum Gasteiger partial charge on any atom is -0.326 e. The summed E-state index contributed by atoms with van der Waals surface area (Å²) in [5, 5.41) is 0. The van der Waals surface area contributed by atoms with Gasteiger partial charge in [0.15, 0.2) is 0 Å². The number of nitrogens with zero attached hydrogens (tertiary/aromatic N) is 1. The molecule has 4 heteroatoms. The van der Waals surface area contributed by atoms with Crippen LogP contribution in [0.4, 0.5) is 8.78 Å². The highest BCUT2D eigenvalue weighted by atomic mass is 19.3. The molecule has 1 heterocycles. The molecule has 0 radical (unpaired) electrons. The fraction of sp³-hybridized carbons (Fsp3) is 0.571. The Morgan fingerprint density at radius 1 is 1.33 bits per heavy atom. The van der Waals surface area contributed by atoms with Crippen LogP contribution in [0.3, 0.4) is 0 Å². The zero-order valence-corrected chi connectivity index (χ0v) is 10.7. The Labute approximate surface area is 107 Å². The Bertz CT molecular complexity index is 381. The molecule has 0 aliphatic carbocycles. The highest BCUT2D eigenvalue weighted by Crippen LogP contribution is 2.30. The van der Waals surface area contributed by atoms with E-state index in [1.807, 2.05) is 0 Å². The Kier molecular flexibility index (Phi) is 3.97. The third kappa shape index (κ3) is 3.06. The van der Waals surface area contributed by atoms with E-state index in [4.69, 9.17) is 5.73 Å². The van der Waals surface area contributed by atoms with Crippen LogP contribution in [0.15, 0.2) is 30.3 Å². The molecule has 0 amide bonds. The van der Waals surface area contributed by atoms with Crippen LogP contribution in [0.5, 0.6) is 0 Å². The van der Waals surface area contributed by atoms with Gasteiger partial charge in [0.2, 0.25) is 0 Å². The van der Waals surface area contributed by atoms with E-state index >= 15 is 0 Å². The average Bonchev–Trinajstić information content (AvgIpc) is 2.35. The summed E-state index contributed by atoms with van der Waals surface area (Å²) >= 11 is 0. The van der Waals surface area contributed by atoms with Gasteiger partial charge in [0.05, 0.1) is 6.54 Å². The zero-order valence-electron chi connectivity index (χ0n) is 10.7. The van der Waals surface area contributed by atoms with E-state index in [1.54, 1.807) is 23.1 Å². The van der Waals surface area contributed by atoms with Gasteiger partial charge in [0.25, 0.3) is 5.92 Å². The Balaban J connectivity index is 2.00. The molecular formula is C14H20F2N2. The van der Waals surface area contributed by atoms with Crippen LogP contribution >= 0.6 is 0 Å². The molecule has 2 nitrogen and oxygen atoms in total. The van der Waals surface area contributed by atoms with Gasteiger partial charge >= 0.3 is 0 Å². The summed E-state index contributed by atoms with van der Waals surface area (Å²) < 4.78 is 28.2. The van der Waals surface area contributed by atoms with Gasteiger partial charge in [-0.15, -0.1) is 0 Å². The van der Waals surface area contributed by atoms with E-state index in [9.17, 15) is 8.78 Å². The summed E-state index contributed by atoms with van der Waals surface area (Å²) in [6.45, 7) is 3.11. The molecule has 2 unspecified atom stereocenters. The minimum atomic E-state index is -2.80. The van der Waals surface area contributed by atoms with E-state index in [2.05, 4.69) is 6.92 Å². The van der Waals surface area contributed by atoms with Gasteiger partial charge in [0.1, 0.15) is 0 Å². The number of rotatable bonds is 3. The number of likely N-dealkylation sites (tertiary alicyclic amines) is 1. The van der Waals surface area contributed by atoms with E-state index in [0.717, 1.165) is 6.42 Å². The topological polar surface area (TPSA) is 29.3 Å². The molecule has 1 aliphatic rings. The van der Waals surface area contributed by atoms with Crippen LogP contribution < -0.4 is 5.73 Å². The third-order valence-electron chi connectivity index (χ3n) is 3.72. The van der Waals surface area contributed by atoms with Gasteiger partial charge in [0, 0.05) is 18.2 Å². The summed E-state index contributed by atoms with van der Waals surface area (Å²) in [5.74, 6) is -2.38. The molecule has 1 fully saturated rings.